The molecule has 4 rings (SSSR count). The topological polar surface area (TPSA) is 105 Å². The van der Waals surface area contributed by atoms with E-state index < -0.39 is 41.2 Å². The smallest absolute Gasteiger partial charge is 0.370 e. The van der Waals surface area contributed by atoms with Gasteiger partial charge in [0.2, 0.25) is 5.91 Å². The number of carbonyl (C=O) groups is 3. The Labute approximate surface area is 195 Å². The molecule has 3 fully saturated rings. The molecule has 0 spiro atoms. The lowest BCUT2D eigenvalue weighted by Gasteiger charge is -2.35. The summed E-state index contributed by atoms with van der Waals surface area (Å²) in [6.45, 7) is 1.16. The Hall–Kier alpha value is -2.66. The fourth-order valence-corrected chi connectivity index (χ4v) is 4.44. The Bertz CT molecular complexity index is 947. The van der Waals surface area contributed by atoms with Crippen LogP contribution in [0.25, 0.3) is 0 Å². The van der Waals surface area contributed by atoms with E-state index in [1.165, 1.54) is 11.0 Å². The van der Waals surface area contributed by atoms with Crippen LogP contribution in [0.4, 0.5) is 24.5 Å². The third-order valence-corrected chi connectivity index (χ3v) is 6.65. The predicted molar refractivity (Wildman–Crippen MR) is 118 cm³/mol. The summed E-state index contributed by atoms with van der Waals surface area (Å²) >= 11 is 0. The van der Waals surface area contributed by atoms with Crippen LogP contribution in [0.2, 0.25) is 0 Å². The lowest BCUT2D eigenvalue weighted by Crippen LogP contribution is -2.54. The number of morpholine rings is 1. The zero-order chi connectivity index (χ0) is 24.5. The van der Waals surface area contributed by atoms with Crippen molar-refractivity contribution in [1.29, 1.82) is 0 Å². The zero-order valence-electron chi connectivity index (χ0n) is 18.8. The normalized spacial score (nSPS) is 20.2. The second kappa shape index (κ2) is 9.91. The highest BCUT2D eigenvalue weighted by Gasteiger charge is 2.39. The van der Waals surface area contributed by atoms with Crippen LogP contribution in [0.1, 0.15) is 37.7 Å². The summed E-state index contributed by atoms with van der Waals surface area (Å²) in [7, 11) is 0. The van der Waals surface area contributed by atoms with Crippen LogP contribution in [0, 0.1) is 11.8 Å². The largest absolute Gasteiger partial charge is 0.418 e. The van der Waals surface area contributed by atoms with Crippen LogP contribution in [0.5, 0.6) is 0 Å². The van der Waals surface area contributed by atoms with E-state index in [9.17, 15) is 27.6 Å². The van der Waals surface area contributed by atoms with Gasteiger partial charge in [0.05, 0.1) is 17.9 Å². The molecule has 0 aromatic heterocycles. The molecule has 8 nitrogen and oxygen atoms in total. The van der Waals surface area contributed by atoms with Crippen molar-refractivity contribution in [3.63, 3.8) is 0 Å². The Morgan fingerprint density at radius 1 is 1.18 bits per heavy atom. The molecule has 0 bridgehead atoms. The van der Waals surface area contributed by atoms with Crippen molar-refractivity contribution in [3.8, 4) is 0 Å². The fourth-order valence-electron chi connectivity index (χ4n) is 4.44. The van der Waals surface area contributed by atoms with Crippen molar-refractivity contribution >= 4 is 29.1 Å². The standard InChI is InChI=1S/C23H29F3N4O4/c24-23(25,26)17-10-16(30-8-9-34-13-19(30)31)6-7-18(17)28-22(33)20(21(27)32)29(12-15-4-5-15)11-14-2-1-3-14/h6-7,10,14-15,20H,1-5,8-9,11-13H2,(H2,27,32)(H,28,33)/t20-/m1/s1. The van der Waals surface area contributed by atoms with E-state index in [1.807, 2.05) is 0 Å². The minimum absolute atomic E-state index is 0.0606. The van der Waals surface area contributed by atoms with Crippen molar-refractivity contribution < 1.29 is 32.3 Å². The molecule has 1 saturated heterocycles. The van der Waals surface area contributed by atoms with Gasteiger partial charge >= 0.3 is 6.18 Å². The minimum Gasteiger partial charge on any atom is -0.370 e. The van der Waals surface area contributed by atoms with Crippen LogP contribution < -0.4 is 16.0 Å². The van der Waals surface area contributed by atoms with Gasteiger partial charge in [-0.05, 0) is 55.7 Å². The maximum Gasteiger partial charge on any atom is 0.418 e. The SMILES string of the molecule is NC(=O)[C@H](C(=O)Nc1ccc(N2CCOCC2=O)cc1C(F)(F)F)N(CC1CCC1)CC1CC1. The molecule has 3 N–H and O–H groups in total. The molecule has 2 aliphatic carbocycles. The summed E-state index contributed by atoms with van der Waals surface area (Å²) in [5, 5.41) is 2.29. The summed E-state index contributed by atoms with van der Waals surface area (Å²) < 4.78 is 46.7. The van der Waals surface area contributed by atoms with Gasteiger partial charge in [-0.1, -0.05) is 6.42 Å². The molecule has 1 aromatic rings. The number of carbonyl (C=O) groups excluding carboxylic acids is 3. The van der Waals surface area contributed by atoms with Crippen LogP contribution in [-0.4, -0.2) is 61.5 Å². The molecule has 1 atom stereocenters. The van der Waals surface area contributed by atoms with Gasteiger partial charge in [-0.2, -0.15) is 13.2 Å². The van der Waals surface area contributed by atoms with Crippen molar-refractivity contribution in [2.45, 2.75) is 44.3 Å². The number of primary amides is 1. The second-order valence-electron chi connectivity index (χ2n) is 9.31. The van der Waals surface area contributed by atoms with E-state index in [1.54, 1.807) is 4.90 Å². The molecule has 0 unspecified atom stereocenters. The lowest BCUT2D eigenvalue weighted by atomic mass is 9.84. The van der Waals surface area contributed by atoms with Crippen molar-refractivity contribution in [2.24, 2.45) is 17.6 Å². The molecule has 186 valence electrons. The molecule has 3 aliphatic rings. The van der Waals surface area contributed by atoms with Gasteiger partial charge in [-0.3, -0.25) is 19.3 Å². The quantitative estimate of drug-likeness (QED) is 0.526. The highest BCUT2D eigenvalue weighted by Crippen LogP contribution is 2.38. The number of anilines is 2. The van der Waals surface area contributed by atoms with E-state index >= 15 is 0 Å². The van der Waals surface area contributed by atoms with Gasteiger partial charge < -0.3 is 20.7 Å². The minimum atomic E-state index is -4.80. The van der Waals surface area contributed by atoms with Crippen molar-refractivity contribution in [3.05, 3.63) is 23.8 Å². The lowest BCUT2D eigenvalue weighted by molar-refractivity contribution is -0.137. The first-order valence-electron chi connectivity index (χ1n) is 11.6. The van der Waals surface area contributed by atoms with Crippen LogP contribution in [0.15, 0.2) is 18.2 Å². The number of amides is 3. The molecular weight excluding hydrogens is 453 g/mol. The van der Waals surface area contributed by atoms with Crippen LogP contribution in [-0.2, 0) is 25.3 Å². The monoisotopic (exact) mass is 482 g/mol. The van der Waals surface area contributed by atoms with E-state index in [-0.39, 0.29) is 25.4 Å². The summed E-state index contributed by atoms with van der Waals surface area (Å²) in [4.78, 5) is 40.4. The third-order valence-electron chi connectivity index (χ3n) is 6.65. The molecule has 0 radical (unpaired) electrons. The summed E-state index contributed by atoms with van der Waals surface area (Å²) in [5.41, 5.74) is 4.04. The van der Waals surface area contributed by atoms with Crippen LogP contribution >= 0.6 is 0 Å². The third kappa shape index (κ3) is 5.69. The number of nitrogens with zero attached hydrogens (tertiary/aromatic N) is 2. The van der Waals surface area contributed by atoms with E-state index in [0.717, 1.165) is 44.2 Å². The molecule has 11 heteroatoms. The summed E-state index contributed by atoms with van der Waals surface area (Å²) in [6.07, 6.45) is 0.267. The van der Waals surface area contributed by atoms with Gasteiger partial charge in [-0.15, -0.1) is 0 Å². The highest BCUT2D eigenvalue weighted by atomic mass is 19.4. The molecule has 1 heterocycles. The van der Waals surface area contributed by atoms with E-state index in [2.05, 4.69) is 5.32 Å². The highest BCUT2D eigenvalue weighted by molar-refractivity contribution is 6.10. The van der Waals surface area contributed by atoms with Gasteiger partial charge in [-0.25, -0.2) is 0 Å². The molecule has 1 aromatic carbocycles. The number of nitrogens with two attached hydrogens (primary N) is 1. The number of nitrogens with one attached hydrogen (secondary N) is 1. The fraction of sp³-hybridized carbons (Fsp3) is 0.609. The number of rotatable bonds is 9. The van der Waals surface area contributed by atoms with Crippen LogP contribution in [0.3, 0.4) is 0 Å². The van der Waals surface area contributed by atoms with Gasteiger partial charge in [0.15, 0.2) is 6.04 Å². The molecule has 34 heavy (non-hydrogen) atoms. The maximum atomic E-state index is 13.9. The molecule has 3 amide bonds. The maximum absolute atomic E-state index is 13.9. The van der Waals surface area contributed by atoms with Crippen molar-refractivity contribution in [2.75, 3.05) is 43.1 Å². The number of halogens is 3. The first-order chi connectivity index (χ1) is 16.1. The number of alkyl halides is 3. The summed E-state index contributed by atoms with van der Waals surface area (Å²) in [6, 6.07) is 1.91. The van der Waals surface area contributed by atoms with Gasteiger partial charge in [0.25, 0.3) is 11.8 Å². The number of ether oxygens (including phenoxy) is 1. The van der Waals surface area contributed by atoms with Gasteiger partial charge in [0.1, 0.15) is 6.61 Å². The van der Waals surface area contributed by atoms with E-state index in [4.69, 9.17) is 10.5 Å². The predicted octanol–water partition coefficient (Wildman–Crippen LogP) is 2.37. The first kappa shape index (κ1) is 24.5. The van der Waals surface area contributed by atoms with Gasteiger partial charge in [0, 0.05) is 25.3 Å². The average Bonchev–Trinajstić information content (AvgIpc) is 3.54. The Morgan fingerprint density at radius 3 is 2.38 bits per heavy atom. The number of hydrogen-bond acceptors (Lipinski definition) is 5. The number of hydrogen-bond donors (Lipinski definition) is 2. The average molecular weight is 483 g/mol. The molecule has 2 saturated carbocycles. The Balaban J connectivity index is 1.57. The zero-order valence-corrected chi connectivity index (χ0v) is 18.8. The Kier molecular flexibility index (Phi) is 7.13. The Morgan fingerprint density at radius 2 is 1.85 bits per heavy atom. The van der Waals surface area contributed by atoms with Crippen molar-refractivity contribution in [1.82, 2.24) is 4.90 Å². The number of benzene rings is 1. The van der Waals surface area contributed by atoms with E-state index in [0.29, 0.717) is 24.9 Å². The summed E-state index contributed by atoms with van der Waals surface area (Å²) in [5.74, 6) is -1.50. The molecule has 1 aliphatic heterocycles. The second-order valence-corrected chi connectivity index (χ2v) is 9.31. The molecular formula is C23H29F3N4O4. The first-order valence-corrected chi connectivity index (χ1v) is 11.6.